The van der Waals surface area contributed by atoms with Crippen molar-refractivity contribution in [2.45, 2.75) is 26.3 Å². The maximum Gasteiger partial charge on any atom is 0.100 e. The van der Waals surface area contributed by atoms with Crippen LogP contribution in [0.25, 0.3) is 22.2 Å². The van der Waals surface area contributed by atoms with Gasteiger partial charge in [-0.3, -0.25) is 10.00 Å². The van der Waals surface area contributed by atoms with Crippen LogP contribution in [-0.2, 0) is 0 Å². The highest BCUT2D eigenvalue weighted by Crippen LogP contribution is 2.37. The maximum absolute atomic E-state index is 4.65. The van der Waals surface area contributed by atoms with Crippen LogP contribution in [0.15, 0.2) is 67.8 Å². The molecule has 142 valence electrons. The van der Waals surface area contributed by atoms with E-state index in [1.807, 2.05) is 18.2 Å². The first-order valence-corrected chi connectivity index (χ1v) is 9.20. The number of benzene rings is 2. The second-order valence-corrected chi connectivity index (χ2v) is 6.61. The monoisotopic (exact) mass is 381 g/mol. The third-order valence-electron chi connectivity index (χ3n) is 4.92. The predicted octanol–water partition coefficient (Wildman–Crippen LogP) is 6.09. The first-order valence-electron chi connectivity index (χ1n) is 9.20. The fourth-order valence-electron chi connectivity index (χ4n) is 3.78. The van der Waals surface area contributed by atoms with Gasteiger partial charge >= 0.3 is 0 Å². The van der Waals surface area contributed by atoms with Crippen molar-refractivity contribution in [3.05, 3.63) is 78.9 Å². The van der Waals surface area contributed by atoms with Crippen LogP contribution in [0.3, 0.4) is 0 Å². The van der Waals surface area contributed by atoms with Gasteiger partial charge in [-0.15, -0.1) is 25.6 Å². The van der Waals surface area contributed by atoms with E-state index < -0.39 is 0 Å². The zero-order valence-corrected chi connectivity index (χ0v) is 16.9. The van der Waals surface area contributed by atoms with E-state index in [0.717, 1.165) is 36.3 Å². The Kier molecular flexibility index (Phi) is 7.40. The molecule has 2 aromatic carbocycles. The minimum Gasteiger partial charge on any atom is -0.289 e. The van der Waals surface area contributed by atoms with Crippen molar-refractivity contribution in [1.29, 1.82) is 0 Å². The molecule has 0 amide bonds. The molecule has 1 unspecified atom stereocenters. The fraction of sp³-hybridized carbons (Fsp3) is 0.261. The van der Waals surface area contributed by atoms with Crippen molar-refractivity contribution in [1.82, 2.24) is 15.1 Å². The highest BCUT2D eigenvalue weighted by atomic mass is 35.5. The summed E-state index contributed by atoms with van der Waals surface area (Å²) in [6.07, 6.45) is 4.95. The summed E-state index contributed by atoms with van der Waals surface area (Å²) < 4.78 is 0. The van der Waals surface area contributed by atoms with Crippen LogP contribution >= 0.6 is 12.4 Å². The lowest BCUT2D eigenvalue weighted by Gasteiger charge is -2.31. The van der Waals surface area contributed by atoms with E-state index in [1.54, 1.807) is 0 Å². The van der Waals surface area contributed by atoms with Gasteiger partial charge in [-0.1, -0.05) is 55.5 Å². The number of rotatable bonds is 8. The molecule has 0 aliphatic carbocycles. The van der Waals surface area contributed by atoms with Crippen molar-refractivity contribution in [2.75, 3.05) is 13.1 Å². The Hall–Kier alpha value is -2.36. The highest BCUT2D eigenvalue weighted by Gasteiger charge is 2.24. The van der Waals surface area contributed by atoms with Crippen molar-refractivity contribution < 1.29 is 0 Å². The number of hydrogen-bond acceptors (Lipinski definition) is 2. The molecule has 0 aliphatic rings. The number of hydrogen-bond donors (Lipinski definition) is 1. The lowest BCUT2D eigenvalue weighted by Crippen LogP contribution is -2.29. The Morgan fingerprint density at radius 1 is 1.07 bits per heavy atom. The molecule has 1 N–H and O–H groups in total. The lowest BCUT2D eigenvalue weighted by molar-refractivity contribution is 0.237. The summed E-state index contributed by atoms with van der Waals surface area (Å²) in [5.74, 6) is 0. The molecule has 3 nitrogen and oxygen atoms in total. The maximum atomic E-state index is 4.65. The number of aryl methyl sites for hydroxylation is 1. The van der Waals surface area contributed by atoms with E-state index in [-0.39, 0.29) is 18.4 Å². The van der Waals surface area contributed by atoms with E-state index in [0.29, 0.717) is 0 Å². The van der Waals surface area contributed by atoms with Crippen molar-refractivity contribution in [2.24, 2.45) is 0 Å². The third-order valence-corrected chi connectivity index (χ3v) is 4.92. The van der Waals surface area contributed by atoms with Crippen molar-refractivity contribution in [3.8, 4) is 11.3 Å². The molecule has 0 bridgehead atoms. The van der Waals surface area contributed by atoms with Crippen LogP contribution in [0.4, 0.5) is 0 Å². The first-order chi connectivity index (χ1) is 12.7. The summed E-state index contributed by atoms with van der Waals surface area (Å²) in [5, 5.41) is 9.10. The summed E-state index contributed by atoms with van der Waals surface area (Å²) >= 11 is 0. The van der Waals surface area contributed by atoms with Gasteiger partial charge < -0.3 is 0 Å². The quantitative estimate of drug-likeness (QED) is 0.479. The molecular weight excluding hydrogens is 354 g/mol. The van der Waals surface area contributed by atoms with Crippen LogP contribution in [0.5, 0.6) is 0 Å². The molecule has 0 fully saturated rings. The number of fused-ring (bicyclic) bond motifs is 1. The predicted molar refractivity (Wildman–Crippen MR) is 119 cm³/mol. The number of nitrogens with one attached hydrogen (secondary N) is 1. The van der Waals surface area contributed by atoms with E-state index >= 15 is 0 Å². The topological polar surface area (TPSA) is 31.9 Å². The van der Waals surface area contributed by atoms with Gasteiger partial charge in [0.25, 0.3) is 0 Å². The number of halogens is 1. The van der Waals surface area contributed by atoms with Gasteiger partial charge in [-0.05, 0) is 30.5 Å². The molecule has 1 atom stereocenters. The molecule has 0 radical (unpaired) electrons. The van der Waals surface area contributed by atoms with E-state index in [2.05, 4.69) is 78.5 Å². The number of H-pyrrole nitrogens is 1. The Bertz CT molecular complexity index is 889. The Morgan fingerprint density at radius 2 is 1.74 bits per heavy atom. The second kappa shape index (κ2) is 9.54. The standard InChI is InChI=1S/C23H27N3.ClH/c1-5-15-26(16-6-2)20(7-3)21-17(4)13-14-19-22(21)23(25-24-19)18-11-9-8-10-12-18;/h5-6,8-14,20H,1-2,7,15-16H2,3-4H3,(H,24,25);1H. The largest absolute Gasteiger partial charge is 0.289 e. The third kappa shape index (κ3) is 4.15. The van der Waals surface area contributed by atoms with Gasteiger partial charge in [-0.25, -0.2) is 0 Å². The fourth-order valence-corrected chi connectivity index (χ4v) is 3.78. The molecule has 0 aliphatic heterocycles. The molecule has 27 heavy (non-hydrogen) atoms. The van der Waals surface area contributed by atoms with E-state index in [1.165, 1.54) is 16.5 Å². The molecule has 1 aromatic heterocycles. The van der Waals surface area contributed by atoms with Crippen LogP contribution in [-0.4, -0.2) is 28.2 Å². The van der Waals surface area contributed by atoms with Crippen LogP contribution < -0.4 is 0 Å². The molecule has 3 rings (SSSR count). The van der Waals surface area contributed by atoms with Crippen molar-refractivity contribution >= 4 is 23.3 Å². The van der Waals surface area contributed by atoms with Gasteiger partial charge in [0, 0.05) is 30.1 Å². The first kappa shape index (κ1) is 20.9. The Morgan fingerprint density at radius 3 is 2.33 bits per heavy atom. The number of aromatic amines is 1. The Balaban J connectivity index is 0.00000261. The molecule has 0 saturated carbocycles. The Labute approximate surface area is 168 Å². The van der Waals surface area contributed by atoms with Gasteiger partial charge in [0.05, 0.1) is 5.52 Å². The molecular formula is C23H28ClN3. The summed E-state index contributed by atoms with van der Waals surface area (Å²) in [6.45, 7) is 14.0. The van der Waals surface area contributed by atoms with Crippen LogP contribution in [0, 0.1) is 6.92 Å². The molecule has 3 aromatic rings. The van der Waals surface area contributed by atoms with Gasteiger partial charge in [0.15, 0.2) is 0 Å². The van der Waals surface area contributed by atoms with Gasteiger partial charge in [-0.2, -0.15) is 5.10 Å². The molecule has 0 saturated heterocycles. The zero-order valence-electron chi connectivity index (χ0n) is 16.1. The van der Waals surface area contributed by atoms with Crippen LogP contribution in [0.2, 0.25) is 0 Å². The molecule has 1 heterocycles. The van der Waals surface area contributed by atoms with Crippen molar-refractivity contribution in [3.63, 3.8) is 0 Å². The minimum absolute atomic E-state index is 0. The summed E-state index contributed by atoms with van der Waals surface area (Å²) in [7, 11) is 0. The van der Waals surface area contributed by atoms with E-state index in [9.17, 15) is 0 Å². The van der Waals surface area contributed by atoms with E-state index in [4.69, 9.17) is 0 Å². The number of aromatic nitrogens is 2. The van der Waals surface area contributed by atoms with Gasteiger partial charge in [0.1, 0.15) is 5.69 Å². The van der Waals surface area contributed by atoms with Gasteiger partial charge in [0.2, 0.25) is 0 Å². The summed E-state index contributed by atoms with van der Waals surface area (Å²) in [6, 6.07) is 15.0. The summed E-state index contributed by atoms with van der Waals surface area (Å²) in [5.41, 5.74) is 5.89. The summed E-state index contributed by atoms with van der Waals surface area (Å²) in [4.78, 5) is 2.42. The molecule has 4 heteroatoms. The average Bonchev–Trinajstić information content (AvgIpc) is 3.09. The molecule has 0 spiro atoms. The smallest absolute Gasteiger partial charge is 0.100 e. The zero-order chi connectivity index (χ0) is 18.5. The normalized spacial score (nSPS) is 12.0. The average molecular weight is 382 g/mol. The second-order valence-electron chi connectivity index (χ2n) is 6.61. The minimum atomic E-state index is 0. The van der Waals surface area contributed by atoms with Crippen LogP contribution in [0.1, 0.15) is 30.5 Å². The lowest BCUT2D eigenvalue weighted by atomic mass is 9.91. The number of nitrogens with zero attached hydrogens (tertiary/aromatic N) is 2. The SMILES string of the molecule is C=CCN(CC=C)C(CC)c1c(C)ccc2[nH]nc(-c3ccccc3)c12.Cl. The highest BCUT2D eigenvalue weighted by molar-refractivity contribution is 5.96.